The molecule has 23 heavy (non-hydrogen) atoms. The molecule has 1 atom stereocenters. The summed E-state index contributed by atoms with van der Waals surface area (Å²) in [6, 6.07) is 6.46. The molecule has 0 N–H and O–H groups in total. The van der Waals surface area contributed by atoms with Gasteiger partial charge in [0.1, 0.15) is 5.82 Å². The predicted molar refractivity (Wildman–Crippen MR) is 81.9 cm³/mol. The minimum absolute atomic E-state index is 0.0133. The SMILES string of the molecule is O=C(CC1CCOC1)N1CCN(Cc2ccccc2F)C(=O)C1. The molecule has 6 heteroatoms. The highest BCUT2D eigenvalue weighted by Gasteiger charge is 2.29. The van der Waals surface area contributed by atoms with Crippen LogP contribution in [0, 0.1) is 11.7 Å². The van der Waals surface area contributed by atoms with Gasteiger partial charge in [-0.1, -0.05) is 18.2 Å². The maximum atomic E-state index is 13.7. The monoisotopic (exact) mass is 320 g/mol. The van der Waals surface area contributed by atoms with Gasteiger partial charge in [0.05, 0.1) is 6.54 Å². The topological polar surface area (TPSA) is 49.9 Å². The Morgan fingerprint density at radius 1 is 1.30 bits per heavy atom. The van der Waals surface area contributed by atoms with Crippen molar-refractivity contribution < 1.29 is 18.7 Å². The molecule has 1 aromatic rings. The standard InChI is InChI=1S/C17H21FN2O3/c18-15-4-2-1-3-14(15)10-19-6-7-20(11-17(19)22)16(21)9-13-5-8-23-12-13/h1-4,13H,5-12H2. The molecule has 3 rings (SSSR count). The minimum Gasteiger partial charge on any atom is -0.381 e. The molecular weight excluding hydrogens is 299 g/mol. The number of carbonyl (C=O) groups excluding carboxylic acids is 2. The number of carbonyl (C=O) groups is 2. The van der Waals surface area contributed by atoms with Crippen molar-refractivity contribution >= 4 is 11.8 Å². The average molecular weight is 320 g/mol. The first-order valence-electron chi connectivity index (χ1n) is 8.00. The van der Waals surface area contributed by atoms with Crippen LogP contribution in [0.4, 0.5) is 4.39 Å². The molecule has 0 radical (unpaired) electrons. The van der Waals surface area contributed by atoms with Crippen molar-refractivity contribution in [2.75, 3.05) is 32.8 Å². The van der Waals surface area contributed by atoms with E-state index in [1.54, 1.807) is 28.0 Å². The zero-order valence-electron chi connectivity index (χ0n) is 13.0. The number of nitrogens with zero attached hydrogens (tertiary/aromatic N) is 2. The van der Waals surface area contributed by atoms with E-state index in [1.165, 1.54) is 6.07 Å². The third-order valence-corrected chi connectivity index (χ3v) is 4.48. The summed E-state index contributed by atoms with van der Waals surface area (Å²) in [7, 11) is 0. The largest absolute Gasteiger partial charge is 0.381 e. The Bertz CT molecular complexity index is 587. The van der Waals surface area contributed by atoms with Crippen molar-refractivity contribution in [3.8, 4) is 0 Å². The van der Waals surface area contributed by atoms with Crippen LogP contribution >= 0.6 is 0 Å². The first-order valence-corrected chi connectivity index (χ1v) is 8.00. The highest BCUT2D eigenvalue weighted by molar-refractivity contribution is 5.86. The molecule has 0 bridgehead atoms. The maximum Gasteiger partial charge on any atom is 0.242 e. The molecule has 0 spiro atoms. The summed E-state index contributed by atoms with van der Waals surface area (Å²) in [6.07, 6.45) is 1.35. The van der Waals surface area contributed by atoms with E-state index in [9.17, 15) is 14.0 Å². The van der Waals surface area contributed by atoms with Crippen LogP contribution in [0.3, 0.4) is 0 Å². The zero-order chi connectivity index (χ0) is 16.2. The number of amides is 2. The smallest absolute Gasteiger partial charge is 0.242 e. The van der Waals surface area contributed by atoms with Gasteiger partial charge in [-0.15, -0.1) is 0 Å². The Hall–Kier alpha value is -1.95. The molecule has 124 valence electrons. The molecule has 2 amide bonds. The van der Waals surface area contributed by atoms with Crippen molar-refractivity contribution in [2.24, 2.45) is 5.92 Å². The molecule has 2 heterocycles. The van der Waals surface area contributed by atoms with E-state index in [1.807, 2.05) is 0 Å². The molecule has 5 nitrogen and oxygen atoms in total. The fourth-order valence-electron chi connectivity index (χ4n) is 3.04. The number of halogens is 1. The fraction of sp³-hybridized carbons (Fsp3) is 0.529. The predicted octanol–water partition coefficient (Wildman–Crippen LogP) is 1.42. The van der Waals surface area contributed by atoms with Crippen molar-refractivity contribution in [3.05, 3.63) is 35.6 Å². The lowest BCUT2D eigenvalue weighted by Crippen LogP contribution is -2.52. The molecule has 0 saturated carbocycles. The van der Waals surface area contributed by atoms with Gasteiger partial charge in [-0.25, -0.2) is 4.39 Å². The summed E-state index contributed by atoms with van der Waals surface area (Å²) in [5.41, 5.74) is 0.503. The lowest BCUT2D eigenvalue weighted by Gasteiger charge is -2.34. The van der Waals surface area contributed by atoms with Crippen LogP contribution in [0.5, 0.6) is 0 Å². The van der Waals surface area contributed by atoms with Crippen LogP contribution in [0.2, 0.25) is 0 Å². The Labute approximate surface area is 135 Å². The number of hydrogen-bond donors (Lipinski definition) is 0. The van der Waals surface area contributed by atoms with Crippen molar-refractivity contribution in [3.63, 3.8) is 0 Å². The van der Waals surface area contributed by atoms with E-state index in [4.69, 9.17) is 4.74 Å². The van der Waals surface area contributed by atoms with Crippen LogP contribution < -0.4 is 0 Å². The van der Waals surface area contributed by atoms with Gasteiger partial charge in [0.2, 0.25) is 11.8 Å². The van der Waals surface area contributed by atoms with Gasteiger partial charge < -0.3 is 14.5 Å². The summed E-state index contributed by atoms with van der Waals surface area (Å²) in [5, 5.41) is 0. The molecular formula is C17H21FN2O3. The van der Waals surface area contributed by atoms with E-state index in [0.717, 1.165) is 6.42 Å². The third-order valence-electron chi connectivity index (χ3n) is 4.48. The van der Waals surface area contributed by atoms with Crippen LogP contribution in [0.25, 0.3) is 0 Å². The summed E-state index contributed by atoms with van der Waals surface area (Å²) in [4.78, 5) is 27.7. The van der Waals surface area contributed by atoms with E-state index >= 15 is 0 Å². The van der Waals surface area contributed by atoms with Gasteiger partial charge >= 0.3 is 0 Å². The maximum absolute atomic E-state index is 13.7. The van der Waals surface area contributed by atoms with Gasteiger partial charge in [-0.05, 0) is 18.4 Å². The van der Waals surface area contributed by atoms with Gasteiger partial charge in [-0.2, -0.15) is 0 Å². The number of piperazine rings is 1. The van der Waals surface area contributed by atoms with Crippen molar-refractivity contribution in [2.45, 2.75) is 19.4 Å². The van der Waals surface area contributed by atoms with Crippen molar-refractivity contribution in [1.82, 2.24) is 9.80 Å². The van der Waals surface area contributed by atoms with E-state index in [2.05, 4.69) is 0 Å². The number of ether oxygens (including phenoxy) is 1. The van der Waals surface area contributed by atoms with E-state index < -0.39 is 0 Å². The summed E-state index contributed by atoms with van der Waals surface area (Å²) in [5.74, 6) is -0.149. The van der Waals surface area contributed by atoms with Crippen LogP contribution in [0.15, 0.2) is 24.3 Å². The average Bonchev–Trinajstić information content (AvgIpc) is 3.04. The minimum atomic E-state index is -0.306. The Morgan fingerprint density at radius 3 is 2.83 bits per heavy atom. The third kappa shape index (κ3) is 3.88. The Balaban J connectivity index is 1.53. The molecule has 2 saturated heterocycles. The van der Waals surface area contributed by atoms with Crippen LogP contribution in [-0.4, -0.2) is 54.5 Å². The molecule has 2 aliphatic rings. The lowest BCUT2D eigenvalue weighted by molar-refractivity contribution is -0.146. The summed E-state index contributed by atoms with van der Waals surface area (Å²) >= 11 is 0. The quantitative estimate of drug-likeness (QED) is 0.843. The molecule has 0 aliphatic carbocycles. The summed E-state index contributed by atoms with van der Waals surface area (Å²) in [6.45, 7) is 2.64. The van der Waals surface area contributed by atoms with Gasteiger partial charge in [0, 0.05) is 44.8 Å². The normalized spacial score (nSPS) is 21.8. The van der Waals surface area contributed by atoms with Gasteiger partial charge in [-0.3, -0.25) is 9.59 Å². The zero-order valence-corrected chi connectivity index (χ0v) is 13.0. The second kappa shape index (κ2) is 7.08. The van der Waals surface area contributed by atoms with E-state index in [-0.39, 0.29) is 36.6 Å². The highest BCUT2D eigenvalue weighted by atomic mass is 19.1. The molecule has 2 fully saturated rings. The molecule has 1 aromatic carbocycles. The van der Waals surface area contributed by atoms with Gasteiger partial charge in [0.15, 0.2) is 0 Å². The van der Waals surface area contributed by atoms with Crippen molar-refractivity contribution in [1.29, 1.82) is 0 Å². The fourth-order valence-corrected chi connectivity index (χ4v) is 3.04. The Kier molecular flexibility index (Phi) is 4.91. The first-order chi connectivity index (χ1) is 11.1. The number of benzene rings is 1. The summed E-state index contributed by atoms with van der Waals surface area (Å²) < 4.78 is 19.0. The molecule has 1 unspecified atom stereocenters. The van der Waals surface area contributed by atoms with Crippen LogP contribution in [-0.2, 0) is 20.9 Å². The van der Waals surface area contributed by atoms with Gasteiger partial charge in [0.25, 0.3) is 0 Å². The number of hydrogen-bond acceptors (Lipinski definition) is 3. The van der Waals surface area contributed by atoms with Crippen LogP contribution in [0.1, 0.15) is 18.4 Å². The second-order valence-corrected chi connectivity index (χ2v) is 6.16. The van der Waals surface area contributed by atoms with E-state index in [0.29, 0.717) is 38.3 Å². The Morgan fingerprint density at radius 2 is 2.13 bits per heavy atom. The first kappa shape index (κ1) is 15.9. The lowest BCUT2D eigenvalue weighted by atomic mass is 10.0. The second-order valence-electron chi connectivity index (χ2n) is 6.16. The number of rotatable bonds is 4. The molecule has 2 aliphatic heterocycles. The molecule has 0 aromatic heterocycles. The highest BCUT2D eigenvalue weighted by Crippen LogP contribution is 2.19.